The fourth-order valence-electron chi connectivity index (χ4n) is 2.89. The Morgan fingerprint density at radius 1 is 1.50 bits per heavy atom. The third-order valence-corrected chi connectivity index (χ3v) is 4.00. The van der Waals surface area contributed by atoms with E-state index < -0.39 is 0 Å². The number of carbonyl (C=O) groups is 1. The summed E-state index contributed by atoms with van der Waals surface area (Å²) >= 11 is 0. The second-order valence-corrected chi connectivity index (χ2v) is 5.31. The van der Waals surface area contributed by atoms with Gasteiger partial charge in [-0.1, -0.05) is 6.07 Å². The highest BCUT2D eigenvalue weighted by Crippen LogP contribution is 2.26. The zero-order valence-corrected chi connectivity index (χ0v) is 11.4. The normalized spacial score (nSPS) is 21.2. The highest BCUT2D eigenvalue weighted by molar-refractivity contribution is 5.92. The molecule has 1 aromatic rings. The van der Waals surface area contributed by atoms with Crippen LogP contribution >= 0.6 is 0 Å². The van der Waals surface area contributed by atoms with Gasteiger partial charge in [-0.2, -0.15) is 0 Å². The number of nitrogens with zero attached hydrogens (tertiary/aromatic N) is 1. The Labute approximate surface area is 118 Å². The molecule has 0 radical (unpaired) electrons. The molecule has 106 valence electrons. The van der Waals surface area contributed by atoms with E-state index in [1.54, 1.807) is 11.0 Å². The van der Waals surface area contributed by atoms with Crippen molar-refractivity contribution in [3.05, 3.63) is 35.4 Å². The second kappa shape index (κ2) is 5.67. The Balaban J connectivity index is 1.69. The molecule has 0 aliphatic carbocycles. The molecule has 2 heterocycles. The standard InChI is InChI=1S/C16H19NO3/c18-11-14-2-1-8-17(14)16(19)6-4-12-3-5-15-13(10-12)7-9-20-15/h3-6,10,14,18H,1-2,7-9,11H2. The molecule has 3 rings (SSSR count). The summed E-state index contributed by atoms with van der Waals surface area (Å²) in [7, 11) is 0. The Bertz CT molecular complexity index is 539. The average Bonchev–Trinajstić information content (AvgIpc) is 3.12. The molecule has 2 aliphatic rings. The molecule has 1 unspecified atom stereocenters. The van der Waals surface area contributed by atoms with Crippen molar-refractivity contribution in [2.45, 2.75) is 25.3 Å². The van der Waals surface area contributed by atoms with Gasteiger partial charge in [0.25, 0.3) is 0 Å². The van der Waals surface area contributed by atoms with Gasteiger partial charge in [-0.3, -0.25) is 4.79 Å². The van der Waals surface area contributed by atoms with Crippen LogP contribution in [0.4, 0.5) is 0 Å². The molecule has 1 aromatic carbocycles. The van der Waals surface area contributed by atoms with Crippen LogP contribution in [0.5, 0.6) is 5.75 Å². The van der Waals surface area contributed by atoms with Crippen LogP contribution in [0.15, 0.2) is 24.3 Å². The van der Waals surface area contributed by atoms with Gasteiger partial charge in [0.15, 0.2) is 0 Å². The van der Waals surface area contributed by atoms with Crippen molar-refractivity contribution in [1.29, 1.82) is 0 Å². The van der Waals surface area contributed by atoms with Crippen LogP contribution in [0.1, 0.15) is 24.0 Å². The zero-order chi connectivity index (χ0) is 13.9. The quantitative estimate of drug-likeness (QED) is 0.851. The maximum Gasteiger partial charge on any atom is 0.246 e. The van der Waals surface area contributed by atoms with E-state index in [9.17, 15) is 9.90 Å². The summed E-state index contributed by atoms with van der Waals surface area (Å²) in [6.07, 6.45) is 6.25. The van der Waals surface area contributed by atoms with E-state index in [-0.39, 0.29) is 18.6 Å². The van der Waals surface area contributed by atoms with E-state index in [4.69, 9.17) is 4.74 Å². The maximum absolute atomic E-state index is 12.1. The van der Waals surface area contributed by atoms with E-state index in [0.29, 0.717) is 0 Å². The third kappa shape index (κ3) is 2.56. The summed E-state index contributed by atoms with van der Waals surface area (Å²) in [6, 6.07) is 5.97. The predicted molar refractivity (Wildman–Crippen MR) is 76.5 cm³/mol. The van der Waals surface area contributed by atoms with E-state index in [1.807, 2.05) is 18.2 Å². The lowest BCUT2D eigenvalue weighted by atomic mass is 10.1. The number of ether oxygens (including phenoxy) is 1. The van der Waals surface area contributed by atoms with Crippen molar-refractivity contribution in [3.8, 4) is 5.75 Å². The van der Waals surface area contributed by atoms with Crippen molar-refractivity contribution in [2.24, 2.45) is 0 Å². The first-order valence-corrected chi connectivity index (χ1v) is 7.13. The number of aliphatic hydroxyl groups excluding tert-OH is 1. The molecule has 0 saturated carbocycles. The first kappa shape index (κ1) is 13.2. The van der Waals surface area contributed by atoms with Gasteiger partial charge in [-0.15, -0.1) is 0 Å². The Hall–Kier alpha value is -1.81. The van der Waals surface area contributed by atoms with Crippen LogP contribution in [-0.4, -0.2) is 41.7 Å². The maximum atomic E-state index is 12.1. The minimum Gasteiger partial charge on any atom is -0.493 e. The van der Waals surface area contributed by atoms with Crippen LogP contribution in [0, 0.1) is 0 Å². The number of carbonyl (C=O) groups excluding carboxylic acids is 1. The molecule has 4 heteroatoms. The van der Waals surface area contributed by atoms with Gasteiger partial charge in [0.2, 0.25) is 5.91 Å². The van der Waals surface area contributed by atoms with Gasteiger partial charge in [-0.25, -0.2) is 0 Å². The summed E-state index contributed by atoms with van der Waals surface area (Å²) in [5.74, 6) is 0.937. The van der Waals surface area contributed by atoms with E-state index in [0.717, 1.165) is 43.7 Å². The molecule has 0 bridgehead atoms. The minimum absolute atomic E-state index is 0.0134. The van der Waals surface area contributed by atoms with Gasteiger partial charge in [0.05, 0.1) is 19.3 Å². The number of hydrogen-bond acceptors (Lipinski definition) is 3. The summed E-state index contributed by atoms with van der Waals surface area (Å²) in [4.78, 5) is 13.9. The van der Waals surface area contributed by atoms with Crippen LogP contribution in [0.25, 0.3) is 6.08 Å². The molecule has 1 fully saturated rings. The molecule has 20 heavy (non-hydrogen) atoms. The summed E-state index contributed by atoms with van der Waals surface area (Å²) in [5.41, 5.74) is 2.22. The van der Waals surface area contributed by atoms with Crippen molar-refractivity contribution in [2.75, 3.05) is 19.8 Å². The monoisotopic (exact) mass is 273 g/mol. The predicted octanol–water partition coefficient (Wildman–Crippen LogP) is 1.62. The van der Waals surface area contributed by atoms with Crippen LogP contribution in [0.2, 0.25) is 0 Å². The highest BCUT2D eigenvalue weighted by atomic mass is 16.5. The largest absolute Gasteiger partial charge is 0.493 e. The second-order valence-electron chi connectivity index (χ2n) is 5.31. The average molecular weight is 273 g/mol. The Kier molecular flexibility index (Phi) is 3.74. The van der Waals surface area contributed by atoms with Crippen LogP contribution in [-0.2, 0) is 11.2 Å². The number of fused-ring (bicyclic) bond motifs is 1. The lowest BCUT2D eigenvalue weighted by molar-refractivity contribution is -0.127. The van der Waals surface area contributed by atoms with E-state index in [2.05, 4.69) is 6.07 Å². The fraction of sp³-hybridized carbons (Fsp3) is 0.438. The highest BCUT2D eigenvalue weighted by Gasteiger charge is 2.26. The topological polar surface area (TPSA) is 49.8 Å². The van der Waals surface area contributed by atoms with Crippen molar-refractivity contribution in [3.63, 3.8) is 0 Å². The van der Waals surface area contributed by atoms with Gasteiger partial charge in [0, 0.05) is 19.0 Å². The molecular formula is C16H19NO3. The minimum atomic E-state index is -0.0155. The first-order chi connectivity index (χ1) is 9.78. The lowest BCUT2D eigenvalue weighted by Crippen LogP contribution is -2.36. The van der Waals surface area contributed by atoms with Crippen molar-refractivity contribution >= 4 is 12.0 Å². The van der Waals surface area contributed by atoms with Crippen molar-refractivity contribution in [1.82, 2.24) is 4.90 Å². The molecule has 1 amide bonds. The van der Waals surface area contributed by atoms with Crippen LogP contribution < -0.4 is 4.74 Å². The van der Waals surface area contributed by atoms with Gasteiger partial charge in [-0.05, 0) is 42.2 Å². The van der Waals surface area contributed by atoms with Crippen LogP contribution in [0.3, 0.4) is 0 Å². The molecule has 2 aliphatic heterocycles. The van der Waals surface area contributed by atoms with Gasteiger partial charge in [0.1, 0.15) is 5.75 Å². The SMILES string of the molecule is O=C(C=Cc1ccc2c(c1)CCO2)N1CCCC1CO. The summed E-state index contributed by atoms with van der Waals surface area (Å²) in [6.45, 7) is 1.54. The van der Waals surface area contributed by atoms with E-state index in [1.165, 1.54) is 5.56 Å². The number of aliphatic hydroxyl groups is 1. The van der Waals surface area contributed by atoms with Crippen molar-refractivity contribution < 1.29 is 14.6 Å². The smallest absolute Gasteiger partial charge is 0.246 e. The zero-order valence-electron chi connectivity index (χ0n) is 11.4. The van der Waals surface area contributed by atoms with E-state index >= 15 is 0 Å². The molecule has 1 N–H and O–H groups in total. The number of benzene rings is 1. The fourth-order valence-corrected chi connectivity index (χ4v) is 2.89. The number of rotatable bonds is 3. The third-order valence-electron chi connectivity index (χ3n) is 4.00. The molecule has 0 aromatic heterocycles. The first-order valence-electron chi connectivity index (χ1n) is 7.13. The number of likely N-dealkylation sites (tertiary alicyclic amines) is 1. The molecule has 1 saturated heterocycles. The molecule has 4 nitrogen and oxygen atoms in total. The number of hydrogen-bond donors (Lipinski definition) is 1. The Morgan fingerprint density at radius 3 is 3.25 bits per heavy atom. The van der Waals surface area contributed by atoms with Gasteiger partial charge >= 0.3 is 0 Å². The Morgan fingerprint density at radius 2 is 2.40 bits per heavy atom. The molecule has 0 spiro atoms. The summed E-state index contributed by atoms with van der Waals surface area (Å²) < 4.78 is 5.46. The molecule has 1 atom stereocenters. The number of amides is 1. The molecular weight excluding hydrogens is 254 g/mol. The van der Waals surface area contributed by atoms with Gasteiger partial charge < -0.3 is 14.7 Å². The summed E-state index contributed by atoms with van der Waals surface area (Å²) in [5, 5.41) is 9.24. The lowest BCUT2D eigenvalue weighted by Gasteiger charge is -2.21.